The molecule has 0 fully saturated rings. The van der Waals surface area contributed by atoms with Crippen molar-refractivity contribution in [2.75, 3.05) is 5.32 Å². The van der Waals surface area contributed by atoms with Gasteiger partial charge in [-0.3, -0.25) is 10.1 Å². The second kappa shape index (κ2) is 7.05. The lowest BCUT2D eigenvalue weighted by atomic mass is 10.1. The lowest BCUT2D eigenvalue weighted by molar-refractivity contribution is 0.101. The van der Waals surface area contributed by atoms with Crippen LogP contribution >= 0.6 is 22.9 Å². The monoisotopic (exact) mass is 398 g/mol. The maximum absolute atomic E-state index is 12.4. The van der Waals surface area contributed by atoms with Gasteiger partial charge in [-0.1, -0.05) is 29.8 Å². The molecule has 27 heavy (non-hydrogen) atoms. The van der Waals surface area contributed by atoms with E-state index in [4.69, 9.17) is 11.6 Å². The predicted octanol–water partition coefficient (Wildman–Crippen LogP) is 3.69. The molecular weight excluding hydrogens is 384 g/mol. The Bertz CT molecular complexity index is 1150. The number of carbonyl (C=O) groups excluding carboxylic acids is 1. The predicted molar refractivity (Wildman–Crippen MR) is 105 cm³/mol. The quantitative estimate of drug-likeness (QED) is 0.566. The van der Waals surface area contributed by atoms with Crippen LogP contribution in [0.3, 0.4) is 0 Å². The topological polar surface area (TPSA) is 85.1 Å². The van der Waals surface area contributed by atoms with Crippen molar-refractivity contribution >= 4 is 39.8 Å². The van der Waals surface area contributed by atoms with Crippen molar-refractivity contribution in [3.05, 3.63) is 69.2 Å². The summed E-state index contributed by atoms with van der Waals surface area (Å²) in [5, 5.41) is 8.18. The molecule has 7 nitrogen and oxygen atoms in total. The molecule has 0 radical (unpaired) electrons. The highest BCUT2D eigenvalue weighted by molar-refractivity contribution is 7.15. The second-order valence-corrected chi connectivity index (χ2v) is 7.54. The van der Waals surface area contributed by atoms with Gasteiger partial charge in [0, 0.05) is 34.4 Å². The number of fused-ring (bicyclic) bond motifs is 1. The molecule has 1 N–H and O–H groups in total. The Kier molecular flexibility index (Phi) is 4.59. The number of aryl methyl sites for hydroxylation is 2. The molecule has 0 bridgehead atoms. The molecule has 0 atom stereocenters. The molecule has 0 saturated carbocycles. The van der Waals surface area contributed by atoms with Gasteiger partial charge in [0.2, 0.25) is 5.82 Å². The molecule has 0 spiro atoms. The van der Waals surface area contributed by atoms with Crippen LogP contribution in [-0.4, -0.2) is 30.5 Å². The van der Waals surface area contributed by atoms with E-state index in [0.29, 0.717) is 17.3 Å². The van der Waals surface area contributed by atoms with Crippen LogP contribution in [0.5, 0.6) is 0 Å². The first-order valence-corrected chi connectivity index (χ1v) is 9.39. The third-order valence-corrected chi connectivity index (χ3v) is 5.50. The Hall–Kier alpha value is -2.84. The third kappa shape index (κ3) is 3.54. The summed E-state index contributed by atoms with van der Waals surface area (Å²) in [5.41, 5.74) is 2.91. The number of carbonyl (C=O) groups is 1. The van der Waals surface area contributed by atoms with Crippen LogP contribution in [-0.2, 0) is 6.42 Å². The highest BCUT2D eigenvalue weighted by atomic mass is 35.5. The average Bonchev–Trinajstić information content (AvgIpc) is 3.27. The standard InChI is InChI=1S/C18H15ClN6OS/c1-10-4-3-5-12(14(10)19)8-13-9-21-18(27-13)23-16(26)15-22-17-20-7-6-11(2)25(17)24-15/h3-7,9H,8H2,1-2H3,(H,21,23,26). The minimum absolute atomic E-state index is 0.0512. The van der Waals surface area contributed by atoms with E-state index >= 15 is 0 Å². The first kappa shape index (κ1) is 17.6. The van der Waals surface area contributed by atoms with Gasteiger partial charge in [0.25, 0.3) is 11.7 Å². The summed E-state index contributed by atoms with van der Waals surface area (Å²) in [4.78, 5) is 26.0. The van der Waals surface area contributed by atoms with E-state index in [1.54, 1.807) is 18.5 Å². The van der Waals surface area contributed by atoms with Gasteiger partial charge >= 0.3 is 0 Å². The van der Waals surface area contributed by atoms with Crippen molar-refractivity contribution in [1.82, 2.24) is 24.6 Å². The molecule has 4 rings (SSSR count). The zero-order valence-electron chi connectivity index (χ0n) is 14.6. The third-order valence-electron chi connectivity index (χ3n) is 4.04. The molecular formula is C18H15ClN6OS. The van der Waals surface area contributed by atoms with Crippen LogP contribution in [0.1, 0.15) is 32.3 Å². The Morgan fingerprint density at radius 1 is 1.26 bits per heavy atom. The number of benzene rings is 1. The smallest absolute Gasteiger partial charge is 0.295 e. The van der Waals surface area contributed by atoms with Gasteiger partial charge in [-0.15, -0.1) is 16.4 Å². The van der Waals surface area contributed by atoms with Gasteiger partial charge in [-0.25, -0.2) is 14.5 Å². The fraction of sp³-hybridized carbons (Fsp3) is 0.167. The highest BCUT2D eigenvalue weighted by Gasteiger charge is 2.16. The minimum atomic E-state index is -0.422. The summed E-state index contributed by atoms with van der Waals surface area (Å²) in [6.45, 7) is 3.84. The first-order chi connectivity index (χ1) is 13.0. The Labute approximate surface area is 164 Å². The van der Waals surface area contributed by atoms with Crippen LogP contribution in [0.25, 0.3) is 5.78 Å². The summed E-state index contributed by atoms with van der Waals surface area (Å²) in [5.74, 6) is 0.0127. The summed E-state index contributed by atoms with van der Waals surface area (Å²) in [6.07, 6.45) is 4.02. The van der Waals surface area contributed by atoms with Gasteiger partial charge in [-0.05, 0) is 31.0 Å². The zero-order valence-corrected chi connectivity index (χ0v) is 16.2. The Balaban J connectivity index is 1.50. The van der Waals surface area contributed by atoms with Gasteiger partial charge in [-0.2, -0.15) is 4.98 Å². The van der Waals surface area contributed by atoms with Crippen molar-refractivity contribution in [1.29, 1.82) is 0 Å². The molecule has 0 aliphatic rings. The lowest BCUT2D eigenvalue weighted by Gasteiger charge is -2.04. The number of nitrogens with one attached hydrogen (secondary N) is 1. The highest BCUT2D eigenvalue weighted by Crippen LogP contribution is 2.26. The number of hydrogen-bond acceptors (Lipinski definition) is 6. The molecule has 0 aliphatic carbocycles. The van der Waals surface area contributed by atoms with Crippen molar-refractivity contribution in [2.45, 2.75) is 20.3 Å². The number of rotatable bonds is 4. The number of halogens is 1. The Morgan fingerprint density at radius 3 is 2.93 bits per heavy atom. The van der Waals surface area contributed by atoms with Crippen molar-refractivity contribution in [3.8, 4) is 0 Å². The molecule has 9 heteroatoms. The van der Waals surface area contributed by atoms with Crippen molar-refractivity contribution in [3.63, 3.8) is 0 Å². The van der Waals surface area contributed by atoms with E-state index in [1.807, 2.05) is 32.0 Å². The van der Waals surface area contributed by atoms with E-state index in [1.165, 1.54) is 15.9 Å². The largest absolute Gasteiger partial charge is 0.297 e. The molecule has 0 aliphatic heterocycles. The summed E-state index contributed by atoms with van der Waals surface area (Å²) < 4.78 is 1.53. The molecule has 3 aromatic heterocycles. The summed E-state index contributed by atoms with van der Waals surface area (Å²) >= 11 is 7.75. The molecule has 3 heterocycles. The van der Waals surface area contributed by atoms with Crippen LogP contribution < -0.4 is 5.32 Å². The molecule has 1 aromatic carbocycles. The second-order valence-electron chi connectivity index (χ2n) is 6.04. The van der Waals surface area contributed by atoms with Crippen molar-refractivity contribution in [2.24, 2.45) is 0 Å². The molecule has 0 unspecified atom stereocenters. The normalized spacial score (nSPS) is 11.1. The van der Waals surface area contributed by atoms with Gasteiger partial charge in [0.1, 0.15) is 0 Å². The number of amides is 1. The van der Waals surface area contributed by atoms with Crippen molar-refractivity contribution < 1.29 is 4.79 Å². The number of aromatic nitrogens is 5. The summed E-state index contributed by atoms with van der Waals surface area (Å²) in [6, 6.07) is 7.74. The number of thiazole rings is 1. The number of hydrogen-bond donors (Lipinski definition) is 1. The number of anilines is 1. The number of nitrogens with zero attached hydrogens (tertiary/aromatic N) is 5. The van der Waals surface area contributed by atoms with E-state index in [-0.39, 0.29) is 5.82 Å². The first-order valence-electron chi connectivity index (χ1n) is 8.19. The van der Waals surface area contributed by atoms with E-state index in [9.17, 15) is 4.79 Å². The fourth-order valence-corrected chi connectivity index (χ4v) is 3.66. The van der Waals surface area contributed by atoms with E-state index in [2.05, 4.69) is 25.4 Å². The minimum Gasteiger partial charge on any atom is -0.295 e. The molecule has 1 amide bonds. The molecule has 136 valence electrons. The average molecular weight is 399 g/mol. The van der Waals surface area contributed by atoms with Gasteiger partial charge in [0.15, 0.2) is 5.13 Å². The molecule has 0 saturated heterocycles. The maximum atomic E-state index is 12.4. The SMILES string of the molecule is Cc1cccc(Cc2cnc(NC(=O)c3nc4nccc(C)n4n3)s2)c1Cl. The fourth-order valence-electron chi connectivity index (χ4n) is 2.64. The zero-order chi connectivity index (χ0) is 19.0. The van der Waals surface area contributed by atoms with Crippen LogP contribution in [0, 0.1) is 13.8 Å². The van der Waals surface area contributed by atoms with Crippen LogP contribution in [0.2, 0.25) is 5.02 Å². The van der Waals surface area contributed by atoms with Gasteiger partial charge < -0.3 is 0 Å². The lowest BCUT2D eigenvalue weighted by Crippen LogP contribution is -2.13. The van der Waals surface area contributed by atoms with E-state index in [0.717, 1.165) is 26.7 Å². The maximum Gasteiger partial charge on any atom is 0.297 e. The van der Waals surface area contributed by atoms with Gasteiger partial charge in [0.05, 0.1) is 0 Å². The molecule has 4 aromatic rings. The summed E-state index contributed by atoms with van der Waals surface area (Å²) in [7, 11) is 0. The van der Waals surface area contributed by atoms with Crippen LogP contribution in [0.4, 0.5) is 5.13 Å². The van der Waals surface area contributed by atoms with E-state index < -0.39 is 5.91 Å². The Morgan fingerprint density at radius 2 is 2.11 bits per heavy atom. The van der Waals surface area contributed by atoms with Crippen LogP contribution in [0.15, 0.2) is 36.7 Å².